The summed E-state index contributed by atoms with van der Waals surface area (Å²) in [6, 6.07) is 15.2. The summed E-state index contributed by atoms with van der Waals surface area (Å²) in [5.74, 6) is -0.400. The Kier molecular flexibility index (Phi) is 6.92. The Hall–Kier alpha value is -3.83. The van der Waals surface area contributed by atoms with E-state index in [-0.39, 0.29) is 22.9 Å². The lowest BCUT2D eigenvalue weighted by atomic mass is 9.97. The van der Waals surface area contributed by atoms with E-state index >= 15 is 0 Å². The van der Waals surface area contributed by atoms with E-state index in [1.54, 1.807) is 28.0 Å². The number of nitrogens with one attached hydrogen (secondary N) is 1. The van der Waals surface area contributed by atoms with E-state index in [9.17, 15) is 19.7 Å². The molecule has 36 heavy (non-hydrogen) atoms. The van der Waals surface area contributed by atoms with Crippen LogP contribution in [0.25, 0.3) is 15.9 Å². The smallest absolute Gasteiger partial charge is 0.270 e. The van der Waals surface area contributed by atoms with Crippen molar-refractivity contribution < 1.29 is 9.72 Å². The summed E-state index contributed by atoms with van der Waals surface area (Å²) < 4.78 is 1.58. The third kappa shape index (κ3) is 4.93. The quantitative estimate of drug-likeness (QED) is 0.126. The number of nitro groups is 1. The van der Waals surface area contributed by atoms with E-state index in [2.05, 4.69) is 10.5 Å². The molecule has 4 aromatic rings. The average molecular weight is 520 g/mol. The highest BCUT2D eigenvalue weighted by molar-refractivity contribution is 7.99. The van der Waals surface area contributed by atoms with Gasteiger partial charge < -0.3 is 0 Å². The van der Waals surface area contributed by atoms with Crippen molar-refractivity contribution >= 4 is 51.1 Å². The van der Waals surface area contributed by atoms with Crippen LogP contribution in [0.3, 0.4) is 0 Å². The van der Waals surface area contributed by atoms with Crippen molar-refractivity contribution in [2.24, 2.45) is 5.10 Å². The molecule has 0 aliphatic heterocycles. The monoisotopic (exact) mass is 519 g/mol. The molecule has 0 saturated carbocycles. The topological polar surface area (TPSA) is 119 Å². The summed E-state index contributed by atoms with van der Waals surface area (Å²) in [5.41, 5.74) is 4.56. The van der Waals surface area contributed by atoms with Gasteiger partial charge in [-0.15, -0.1) is 11.3 Å². The molecule has 0 atom stereocenters. The maximum absolute atomic E-state index is 13.7. The van der Waals surface area contributed by atoms with E-state index in [0.717, 1.165) is 43.0 Å². The van der Waals surface area contributed by atoms with Gasteiger partial charge in [-0.05, 0) is 43.4 Å². The molecule has 11 heteroatoms. The lowest BCUT2D eigenvalue weighted by molar-refractivity contribution is -0.384. The zero-order valence-electron chi connectivity index (χ0n) is 19.0. The van der Waals surface area contributed by atoms with Crippen LogP contribution >= 0.6 is 23.1 Å². The number of aromatic nitrogens is 2. The molecule has 1 N–H and O–H groups in total. The predicted octanol–water partition coefficient (Wildman–Crippen LogP) is 4.48. The fourth-order valence-corrected chi connectivity index (χ4v) is 6.26. The SMILES string of the molecule is O=C(CSc1nc2sc3c(c2c(=O)n1-c1ccccc1)CCCC3)N/N=C/c1cccc([N+](=O)[O-])c1. The van der Waals surface area contributed by atoms with Crippen molar-refractivity contribution in [1.29, 1.82) is 0 Å². The Morgan fingerprint density at radius 2 is 2.00 bits per heavy atom. The van der Waals surface area contributed by atoms with E-state index in [1.165, 1.54) is 23.2 Å². The highest BCUT2D eigenvalue weighted by Crippen LogP contribution is 2.35. The van der Waals surface area contributed by atoms with E-state index in [1.807, 2.05) is 30.3 Å². The molecular weight excluding hydrogens is 498 g/mol. The summed E-state index contributed by atoms with van der Waals surface area (Å²) in [6.07, 6.45) is 5.38. The Morgan fingerprint density at radius 1 is 1.19 bits per heavy atom. The van der Waals surface area contributed by atoms with Crippen LogP contribution < -0.4 is 11.0 Å². The van der Waals surface area contributed by atoms with E-state index in [4.69, 9.17) is 4.98 Å². The molecule has 0 radical (unpaired) electrons. The van der Waals surface area contributed by atoms with Crippen LogP contribution in [0.4, 0.5) is 5.69 Å². The van der Waals surface area contributed by atoms with Crippen molar-refractivity contribution in [1.82, 2.24) is 15.0 Å². The van der Waals surface area contributed by atoms with Crippen LogP contribution in [0, 0.1) is 10.1 Å². The van der Waals surface area contributed by atoms with Crippen molar-refractivity contribution in [2.75, 3.05) is 5.75 Å². The van der Waals surface area contributed by atoms with Gasteiger partial charge in [0.15, 0.2) is 5.16 Å². The van der Waals surface area contributed by atoms with Crippen LogP contribution in [-0.4, -0.2) is 32.3 Å². The minimum Gasteiger partial charge on any atom is -0.272 e. The van der Waals surface area contributed by atoms with Crippen molar-refractivity contribution in [3.05, 3.63) is 91.1 Å². The first-order valence-electron chi connectivity index (χ1n) is 11.3. The highest BCUT2D eigenvalue weighted by Gasteiger charge is 2.23. The van der Waals surface area contributed by atoms with Gasteiger partial charge in [-0.25, -0.2) is 10.4 Å². The molecule has 0 saturated heterocycles. The van der Waals surface area contributed by atoms with Crippen LogP contribution in [0.5, 0.6) is 0 Å². The molecule has 2 aromatic carbocycles. The zero-order chi connectivity index (χ0) is 25.1. The molecule has 1 aliphatic carbocycles. The Morgan fingerprint density at radius 3 is 2.81 bits per heavy atom. The molecule has 0 bridgehead atoms. The molecule has 1 amide bonds. The van der Waals surface area contributed by atoms with Gasteiger partial charge in [0.05, 0.1) is 28.0 Å². The molecule has 0 fully saturated rings. The van der Waals surface area contributed by atoms with Gasteiger partial charge in [0.25, 0.3) is 17.2 Å². The predicted molar refractivity (Wildman–Crippen MR) is 141 cm³/mol. The standard InChI is InChI=1S/C25H21N5O4S2/c31-21(28-26-14-16-7-6-10-18(13-16)30(33)34)15-35-25-27-23-22(19-11-4-5-12-20(19)36-23)24(32)29(25)17-8-2-1-3-9-17/h1-3,6-10,13-14H,4-5,11-12,15H2,(H,28,31)/b26-14+. The van der Waals surface area contributed by atoms with E-state index < -0.39 is 4.92 Å². The lowest BCUT2D eigenvalue weighted by Gasteiger charge is -2.13. The number of amides is 1. The van der Waals surface area contributed by atoms with Crippen LogP contribution in [0.15, 0.2) is 69.6 Å². The molecule has 2 aromatic heterocycles. The number of nitrogens with zero attached hydrogens (tertiary/aromatic N) is 4. The maximum atomic E-state index is 13.7. The minimum atomic E-state index is -0.493. The van der Waals surface area contributed by atoms with Crippen LogP contribution in [0.1, 0.15) is 28.8 Å². The molecule has 2 heterocycles. The van der Waals surface area contributed by atoms with Gasteiger partial charge >= 0.3 is 0 Å². The third-order valence-corrected chi connectivity index (χ3v) is 7.91. The number of hydrogen-bond acceptors (Lipinski definition) is 8. The summed E-state index contributed by atoms with van der Waals surface area (Å²) in [4.78, 5) is 43.3. The first kappa shape index (κ1) is 23.9. The van der Waals surface area contributed by atoms with E-state index in [0.29, 0.717) is 26.6 Å². The second-order valence-corrected chi connectivity index (χ2v) is 10.2. The second kappa shape index (κ2) is 10.4. The normalized spacial score (nSPS) is 13.1. The number of para-hydroxylation sites is 1. The van der Waals surface area contributed by atoms with Gasteiger partial charge in [0, 0.05) is 22.6 Å². The number of non-ortho nitro benzene ring substituents is 1. The van der Waals surface area contributed by atoms with Crippen molar-refractivity contribution in [3.8, 4) is 5.69 Å². The summed E-state index contributed by atoms with van der Waals surface area (Å²) in [7, 11) is 0. The molecule has 0 spiro atoms. The van der Waals surface area contributed by atoms with Crippen molar-refractivity contribution in [2.45, 2.75) is 30.8 Å². The average Bonchev–Trinajstić information content (AvgIpc) is 3.27. The largest absolute Gasteiger partial charge is 0.272 e. The van der Waals surface area contributed by atoms with Crippen LogP contribution in [-0.2, 0) is 17.6 Å². The summed E-state index contributed by atoms with van der Waals surface area (Å²) in [6.45, 7) is 0. The number of thiophene rings is 1. The molecule has 1 aliphatic rings. The second-order valence-electron chi connectivity index (χ2n) is 8.20. The minimum absolute atomic E-state index is 0.0118. The summed E-state index contributed by atoms with van der Waals surface area (Å²) >= 11 is 2.73. The first-order valence-corrected chi connectivity index (χ1v) is 13.1. The number of fused-ring (bicyclic) bond motifs is 3. The molecule has 0 unspecified atom stereocenters. The molecular formula is C25H21N5O4S2. The number of rotatable bonds is 7. The first-order chi connectivity index (χ1) is 17.5. The number of carbonyl (C=O) groups is 1. The number of carbonyl (C=O) groups excluding carboxylic acids is 1. The number of nitro benzene ring substituents is 1. The number of thioether (sulfide) groups is 1. The number of benzene rings is 2. The van der Waals surface area contributed by atoms with Gasteiger partial charge in [-0.1, -0.05) is 42.1 Å². The molecule has 182 valence electrons. The number of aryl methyl sites for hydroxylation is 2. The fraction of sp³-hybridized carbons (Fsp3) is 0.200. The maximum Gasteiger partial charge on any atom is 0.270 e. The van der Waals surface area contributed by atoms with Crippen LogP contribution in [0.2, 0.25) is 0 Å². The Labute approximate surface area is 214 Å². The Balaban J connectivity index is 1.38. The highest BCUT2D eigenvalue weighted by atomic mass is 32.2. The van der Waals surface area contributed by atoms with Gasteiger partial charge in [0.1, 0.15) is 4.83 Å². The van der Waals surface area contributed by atoms with Gasteiger partial charge in [-0.2, -0.15) is 5.10 Å². The fourth-order valence-electron chi connectivity index (χ4n) is 4.15. The molecule has 9 nitrogen and oxygen atoms in total. The van der Waals surface area contributed by atoms with Gasteiger partial charge in [0.2, 0.25) is 0 Å². The van der Waals surface area contributed by atoms with Crippen molar-refractivity contribution in [3.63, 3.8) is 0 Å². The lowest BCUT2D eigenvalue weighted by Crippen LogP contribution is -2.24. The Bertz CT molecular complexity index is 1550. The number of hydrogen-bond donors (Lipinski definition) is 1. The summed E-state index contributed by atoms with van der Waals surface area (Å²) in [5, 5.41) is 15.9. The zero-order valence-corrected chi connectivity index (χ0v) is 20.7. The van der Waals surface area contributed by atoms with Gasteiger partial charge in [-0.3, -0.25) is 24.3 Å². The third-order valence-electron chi connectivity index (χ3n) is 5.79. The number of hydrazone groups is 1. The molecule has 5 rings (SSSR count).